The second-order valence-electron chi connectivity index (χ2n) is 7.85. The van der Waals surface area contributed by atoms with Gasteiger partial charge in [-0.1, -0.05) is 12.1 Å². The Bertz CT molecular complexity index is 667. The molecule has 0 bridgehead atoms. The summed E-state index contributed by atoms with van der Waals surface area (Å²) in [6.45, 7) is 14.8. The monoisotopic (exact) mass is 531 g/mol. The summed E-state index contributed by atoms with van der Waals surface area (Å²) in [5.41, 5.74) is 1.17. The van der Waals surface area contributed by atoms with Crippen LogP contribution in [0.2, 0.25) is 0 Å². The summed E-state index contributed by atoms with van der Waals surface area (Å²) in [6.07, 6.45) is 0. The topological polar surface area (TPSA) is 52.6 Å². The summed E-state index contributed by atoms with van der Waals surface area (Å²) in [6, 6.07) is 9.13. The number of hydrogen-bond donors (Lipinski definition) is 1. The van der Waals surface area contributed by atoms with E-state index >= 15 is 0 Å². The number of aliphatic imine (C=N–C) groups is 1. The molecule has 1 aromatic rings. The van der Waals surface area contributed by atoms with E-state index < -0.39 is 0 Å². The van der Waals surface area contributed by atoms with Gasteiger partial charge >= 0.3 is 0 Å². The predicted molar refractivity (Wildman–Crippen MR) is 135 cm³/mol. The highest BCUT2D eigenvalue weighted by atomic mass is 127. The highest BCUT2D eigenvalue weighted by Crippen LogP contribution is 2.28. The van der Waals surface area contributed by atoms with Crippen molar-refractivity contribution in [1.29, 1.82) is 0 Å². The first-order chi connectivity index (χ1) is 14.1. The Morgan fingerprint density at radius 1 is 1.23 bits per heavy atom. The number of piperazine rings is 1. The zero-order valence-corrected chi connectivity index (χ0v) is 21.2. The average Bonchev–Trinajstić information content (AvgIpc) is 2.77. The summed E-state index contributed by atoms with van der Waals surface area (Å²) in [7, 11) is 1.74. The van der Waals surface area contributed by atoms with Crippen LogP contribution < -0.4 is 15.0 Å². The van der Waals surface area contributed by atoms with Gasteiger partial charge in [-0.2, -0.15) is 0 Å². The van der Waals surface area contributed by atoms with Crippen LogP contribution in [-0.2, 0) is 4.74 Å². The molecule has 2 saturated heterocycles. The van der Waals surface area contributed by atoms with Crippen molar-refractivity contribution in [1.82, 2.24) is 15.1 Å². The van der Waals surface area contributed by atoms with Crippen molar-refractivity contribution in [2.24, 2.45) is 4.99 Å². The second-order valence-corrected chi connectivity index (χ2v) is 7.85. The molecule has 0 spiro atoms. The maximum Gasteiger partial charge on any atom is 0.194 e. The van der Waals surface area contributed by atoms with Gasteiger partial charge in [0.05, 0.1) is 32.6 Å². The van der Waals surface area contributed by atoms with Gasteiger partial charge in [-0.3, -0.25) is 9.89 Å². The molecule has 0 radical (unpaired) electrons. The fraction of sp³-hybridized carbons (Fsp3) is 0.682. The lowest BCUT2D eigenvalue weighted by molar-refractivity contribution is -0.0166. The van der Waals surface area contributed by atoms with E-state index in [4.69, 9.17) is 14.5 Å². The average molecular weight is 531 g/mol. The lowest BCUT2D eigenvalue weighted by Gasteiger charge is -2.39. The molecule has 8 heteroatoms. The molecule has 0 saturated carbocycles. The molecule has 2 atom stereocenters. The van der Waals surface area contributed by atoms with E-state index in [1.807, 2.05) is 12.1 Å². The molecule has 7 nitrogen and oxygen atoms in total. The maximum atomic E-state index is 5.57. The highest BCUT2D eigenvalue weighted by molar-refractivity contribution is 14.0. The number of morpholine rings is 1. The Hall–Kier alpha value is -1.26. The van der Waals surface area contributed by atoms with Crippen LogP contribution in [0, 0.1) is 0 Å². The minimum atomic E-state index is 0. The van der Waals surface area contributed by atoms with E-state index in [2.05, 4.69) is 52.9 Å². The number of para-hydroxylation sites is 2. The number of hydrogen-bond acceptors (Lipinski definition) is 5. The number of nitrogens with one attached hydrogen (secondary N) is 1. The Balaban J connectivity index is 0.00000320. The molecule has 2 unspecified atom stereocenters. The SMILES string of the molecule is CCNC(=NCC(C)N1CCOCC1C)N1CCN(c2ccccc2OC)CC1.I. The van der Waals surface area contributed by atoms with Crippen LogP contribution in [0.5, 0.6) is 5.75 Å². The van der Waals surface area contributed by atoms with Crippen molar-refractivity contribution in [3.63, 3.8) is 0 Å². The zero-order chi connectivity index (χ0) is 20.6. The number of ether oxygens (including phenoxy) is 2. The normalized spacial score (nSPS) is 21.7. The largest absolute Gasteiger partial charge is 0.495 e. The van der Waals surface area contributed by atoms with Gasteiger partial charge in [0.2, 0.25) is 0 Å². The quantitative estimate of drug-likeness (QED) is 0.346. The van der Waals surface area contributed by atoms with Crippen molar-refractivity contribution in [2.75, 3.05) is 71.0 Å². The van der Waals surface area contributed by atoms with Crippen molar-refractivity contribution in [3.05, 3.63) is 24.3 Å². The van der Waals surface area contributed by atoms with Gasteiger partial charge in [-0.05, 0) is 32.9 Å². The van der Waals surface area contributed by atoms with Crippen molar-refractivity contribution < 1.29 is 9.47 Å². The molecule has 1 aromatic carbocycles. The van der Waals surface area contributed by atoms with E-state index in [-0.39, 0.29) is 24.0 Å². The summed E-state index contributed by atoms with van der Waals surface area (Å²) >= 11 is 0. The summed E-state index contributed by atoms with van der Waals surface area (Å²) in [4.78, 5) is 12.3. The zero-order valence-electron chi connectivity index (χ0n) is 18.8. The third-order valence-corrected chi connectivity index (χ3v) is 5.83. The number of benzene rings is 1. The standard InChI is InChI=1S/C22H37N5O2.HI/c1-5-23-22(24-16-18(2)27-14-15-29-17-19(27)3)26-12-10-25(11-13-26)20-8-6-7-9-21(20)28-4;/h6-9,18-19H,5,10-17H2,1-4H3,(H,23,24);1H. The lowest BCUT2D eigenvalue weighted by Crippen LogP contribution is -2.53. The summed E-state index contributed by atoms with van der Waals surface area (Å²) in [5, 5.41) is 3.49. The number of nitrogens with zero attached hydrogens (tertiary/aromatic N) is 4. The lowest BCUT2D eigenvalue weighted by atomic mass is 10.2. The molecule has 2 fully saturated rings. The number of guanidine groups is 1. The van der Waals surface area contributed by atoms with Gasteiger partial charge < -0.3 is 24.6 Å². The van der Waals surface area contributed by atoms with E-state index in [0.29, 0.717) is 12.1 Å². The summed E-state index contributed by atoms with van der Waals surface area (Å²) < 4.78 is 11.1. The molecule has 2 aliphatic heterocycles. The molecule has 3 rings (SSSR count). The molecule has 1 N–H and O–H groups in total. The third-order valence-electron chi connectivity index (χ3n) is 5.83. The molecule has 30 heavy (non-hydrogen) atoms. The smallest absolute Gasteiger partial charge is 0.194 e. The van der Waals surface area contributed by atoms with Crippen LogP contribution in [0.4, 0.5) is 5.69 Å². The number of halogens is 1. The van der Waals surface area contributed by atoms with Crippen molar-refractivity contribution >= 4 is 35.6 Å². The second kappa shape index (κ2) is 12.6. The van der Waals surface area contributed by atoms with Crippen molar-refractivity contribution in [3.8, 4) is 5.75 Å². The van der Waals surface area contributed by atoms with Gasteiger partial charge in [0.15, 0.2) is 5.96 Å². The van der Waals surface area contributed by atoms with Gasteiger partial charge in [0, 0.05) is 51.4 Å². The van der Waals surface area contributed by atoms with Gasteiger partial charge in [0.25, 0.3) is 0 Å². The molecule has 2 heterocycles. The van der Waals surface area contributed by atoms with Crippen LogP contribution in [0.25, 0.3) is 0 Å². The van der Waals surface area contributed by atoms with E-state index in [1.54, 1.807) is 7.11 Å². The highest BCUT2D eigenvalue weighted by Gasteiger charge is 2.25. The molecule has 2 aliphatic rings. The fourth-order valence-corrected chi connectivity index (χ4v) is 4.19. The first kappa shape index (κ1) is 25.0. The first-order valence-electron chi connectivity index (χ1n) is 10.9. The van der Waals surface area contributed by atoms with Crippen LogP contribution in [0.15, 0.2) is 29.3 Å². The van der Waals surface area contributed by atoms with E-state index in [0.717, 1.165) is 70.7 Å². The molecule has 0 aromatic heterocycles. The molecule has 0 aliphatic carbocycles. The van der Waals surface area contributed by atoms with Crippen molar-refractivity contribution in [2.45, 2.75) is 32.9 Å². The fourth-order valence-electron chi connectivity index (χ4n) is 4.19. The Morgan fingerprint density at radius 3 is 2.63 bits per heavy atom. The number of methoxy groups -OCH3 is 1. The van der Waals surface area contributed by atoms with Gasteiger partial charge in [0.1, 0.15) is 5.75 Å². The predicted octanol–water partition coefficient (Wildman–Crippen LogP) is 2.51. The Kier molecular flexibility index (Phi) is 10.5. The number of rotatable bonds is 6. The van der Waals surface area contributed by atoms with Crippen LogP contribution >= 0.6 is 24.0 Å². The minimum Gasteiger partial charge on any atom is -0.495 e. The number of anilines is 1. The van der Waals surface area contributed by atoms with Crippen LogP contribution in [0.1, 0.15) is 20.8 Å². The van der Waals surface area contributed by atoms with Crippen LogP contribution in [-0.4, -0.2) is 94.0 Å². The van der Waals surface area contributed by atoms with E-state index in [1.165, 1.54) is 5.69 Å². The summed E-state index contributed by atoms with van der Waals surface area (Å²) in [5.74, 6) is 1.97. The molecule has 170 valence electrons. The van der Waals surface area contributed by atoms with Gasteiger partial charge in [-0.25, -0.2) is 0 Å². The van der Waals surface area contributed by atoms with Crippen LogP contribution in [0.3, 0.4) is 0 Å². The molecule has 0 amide bonds. The van der Waals surface area contributed by atoms with Gasteiger partial charge in [-0.15, -0.1) is 24.0 Å². The molecular weight excluding hydrogens is 493 g/mol. The third kappa shape index (κ3) is 6.37. The Labute approximate surface area is 198 Å². The first-order valence-corrected chi connectivity index (χ1v) is 10.9. The minimum absolute atomic E-state index is 0. The Morgan fingerprint density at radius 2 is 1.97 bits per heavy atom. The molecular formula is C22H38IN5O2. The maximum absolute atomic E-state index is 5.57. The van der Waals surface area contributed by atoms with E-state index in [9.17, 15) is 0 Å².